The van der Waals surface area contributed by atoms with Gasteiger partial charge in [-0.1, -0.05) is 75.6 Å². The molecule has 0 saturated heterocycles. The number of methoxy groups -OCH3 is 2. The van der Waals surface area contributed by atoms with E-state index in [0.29, 0.717) is 11.5 Å². The minimum absolute atomic E-state index is 0. The Labute approximate surface area is 177 Å². The summed E-state index contributed by atoms with van der Waals surface area (Å²) in [5.41, 5.74) is 0. The Morgan fingerprint density at radius 3 is 1.00 bits per heavy atom. The molecule has 0 atom stereocenters. The van der Waals surface area contributed by atoms with Crippen molar-refractivity contribution in [3.63, 3.8) is 0 Å². The van der Waals surface area contributed by atoms with Crippen LogP contribution in [0.25, 0.3) is 0 Å². The van der Waals surface area contributed by atoms with Gasteiger partial charge in [-0.25, -0.2) is 0 Å². The van der Waals surface area contributed by atoms with Crippen molar-refractivity contribution >= 4 is 0 Å². The van der Waals surface area contributed by atoms with Crippen molar-refractivity contribution in [2.24, 2.45) is 0 Å². The quantitative estimate of drug-likeness (QED) is 0.682. The van der Waals surface area contributed by atoms with E-state index in [1.165, 1.54) is 26.4 Å². The van der Waals surface area contributed by atoms with E-state index in [1.54, 1.807) is 64.1 Å². The smallest absolute Gasteiger partial charge is 0.870 e. The zero-order valence-corrected chi connectivity index (χ0v) is 18.3. The topological polar surface area (TPSA) is 111 Å². The molecule has 6 nitrogen and oxygen atoms in total. The average molecular weight is 412 g/mol. The molecule has 0 unspecified atom stereocenters. The molecular formula is C20H28O6Ti. The van der Waals surface area contributed by atoms with Gasteiger partial charge in [0.1, 0.15) is 11.5 Å². The molecule has 0 N–H and O–H groups in total. The predicted molar refractivity (Wildman–Crippen MR) is 95.2 cm³/mol. The molecule has 0 aliphatic carbocycles. The molecule has 0 bridgehead atoms. The predicted octanol–water partition coefficient (Wildman–Crippen LogP) is 1.05. The van der Waals surface area contributed by atoms with E-state index in [4.69, 9.17) is 9.47 Å². The molecule has 0 aromatic heterocycles. The van der Waals surface area contributed by atoms with Crippen molar-refractivity contribution in [2.45, 2.75) is 39.9 Å². The number of rotatable bonds is 2. The second-order valence-electron chi connectivity index (χ2n) is 5.40. The first-order valence-corrected chi connectivity index (χ1v) is 8.07. The van der Waals surface area contributed by atoms with E-state index in [1.807, 2.05) is 0 Å². The van der Waals surface area contributed by atoms with Crippen LogP contribution in [0.1, 0.15) is 27.7 Å². The minimum Gasteiger partial charge on any atom is -0.870 e. The number of hydrogen-bond donors (Lipinski definition) is 0. The molecule has 0 fully saturated rings. The summed E-state index contributed by atoms with van der Waals surface area (Å²) in [6.07, 6.45) is -0.833. The van der Waals surface area contributed by atoms with Gasteiger partial charge in [0.25, 0.3) is 0 Å². The normalized spacial score (nSPS) is 8.67. The second kappa shape index (κ2) is 19.0. The molecule has 27 heavy (non-hydrogen) atoms. The Kier molecular flexibility index (Phi) is 21.2. The third kappa shape index (κ3) is 20.4. The SMILES string of the molecule is CC(C)[O-].CC(C)[O-].COc1ccccc1[O-].COc1ccccc1[O-].[Ti+4]. The van der Waals surface area contributed by atoms with Crippen LogP contribution in [0.5, 0.6) is 23.0 Å². The molecule has 2 rings (SSSR count). The Hall–Kier alpha value is -1.73. The van der Waals surface area contributed by atoms with Crippen LogP contribution in [-0.4, -0.2) is 26.4 Å². The summed E-state index contributed by atoms with van der Waals surface area (Å²) >= 11 is 0. The molecule has 0 amide bonds. The molecule has 0 spiro atoms. The third-order valence-corrected chi connectivity index (χ3v) is 2.14. The fourth-order valence-corrected chi connectivity index (χ4v) is 1.24. The summed E-state index contributed by atoms with van der Waals surface area (Å²) in [5, 5.41) is 40.5. The maximum atomic E-state index is 10.7. The molecule has 0 saturated carbocycles. The maximum Gasteiger partial charge on any atom is 4.00 e. The van der Waals surface area contributed by atoms with Gasteiger partial charge in [-0.15, -0.1) is 12.2 Å². The number of para-hydroxylation sites is 4. The summed E-state index contributed by atoms with van der Waals surface area (Å²) in [6.45, 7) is 6.44. The molecule has 0 heterocycles. The minimum atomic E-state index is -0.417. The summed E-state index contributed by atoms with van der Waals surface area (Å²) in [6, 6.07) is 13.1. The fourth-order valence-electron chi connectivity index (χ4n) is 1.24. The summed E-state index contributed by atoms with van der Waals surface area (Å²) < 4.78 is 9.46. The molecular weight excluding hydrogens is 384 g/mol. The largest absolute Gasteiger partial charge is 4.00 e. The van der Waals surface area contributed by atoms with Gasteiger partial charge >= 0.3 is 21.7 Å². The van der Waals surface area contributed by atoms with Crippen LogP contribution in [-0.2, 0) is 21.7 Å². The van der Waals surface area contributed by atoms with Gasteiger partial charge in [0, 0.05) is 0 Å². The Morgan fingerprint density at radius 2 is 0.852 bits per heavy atom. The van der Waals surface area contributed by atoms with Gasteiger partial charge in [-0.3, -0.25) is 0 Å². The number of ether oxygens (including phenoxy) is 2. The van der Waals surface area contributed by atoms with E-state index in [-0.39, 0.29) is 33.2 Å². The van der Waals surface area contributed by atoms with Crippen LogP contribution in [0.15, 0.2) is 48.5 Å². The van der Waals surface area contributed by atoms with E-state index < -0.39 is 12.2 Å². The molecule has 2 aromatic carbocycles. The first-order chi connectivity index (χ1) is 12.1. The summed E-state index contributed by atoms with van der Waals surface area (Å²) in [4.78, 5) is 0. The third-order valence-electron chi connectivity index (χ3n) is 2.14. The Bertz CT molecular complexity index is 519. The molecule has 7 heteroatoms. The standard InChI is InChI=1S/2C7H8O2.2C3H7O.Ti/c2*1-9-7-5-3-2-4-6(7)8;2*1-3(2)4;/h2*2-5,8H,1H3;2*3H,1-2H3;/q;;2*-1;+4/p-2. The average Bonchev–Trinajstić information content (AvgIpc) is 2.55. The van der Waals surface area contributed by atoms with Crippen molar-refractivity contribution in [1.82, 2.24) is 0 Å². The zero-order chi connectivity index (χ0) is 20.5. The molecule has 148 valence electrons. The van der Waals surface area contributed by atoms with Crippen LogP contribution in [0, 0.1) is 0 Å². The van der Waals surface area contributed by atoms with E-state index in [2.05, 4.69) is 0 Å². The van der Waals surface area contributed by atoms with Gasteiger partial charge in [0.15, 0.2) is 0 Å². The van der Waals surface area contributed by atoms with Crippen LogP contribution < -0.4 is 29.9 Å². The van der Waals surface area contributed by atoms with Gasteiger partial charge in [-0.05, 0) is 12.1 Å². The van der Waals surface area contributed by atoms with Gasteiger partial charge in [0.05, 0.1) is 14.2 Å². The van der Waals surface area contributed by atoms with Crippen LogP contribution in [0.4, 0.5) is 0 Å². The second-order valence-corrected chi connectivity index (χ2v) is 5.40. The first-order valence-electron chi connectivity index (χ1n) is 8.07. The number of benzene rings is 2. The van der Waals surface area contributed by atoms with E-state index in [9.17, 15) is 20.4 Å². The molecule has 0 radical (unpaired) electrons. The molecule has 0 aliphatic rings. The molecule has 2 aromatic rings. The van der Waals surface area contributed by atoms with Crippen LogP contribution in [0.2, 0.25) is 0 Å². The Morgan fingerprint density at radius 1 is 0.630 bits per heavy atom. The Balaban J connectivity index is -0.000000303. The van der Waals surface area contributed by atoms with Crippen LogP contribution in [0.3, 0.4) is 0 Å². The van der Waals surface area contributed by atoms with Crippen molar-refractivity contribution in [2.75, 3.05) is 14.2 Å². The van der Waals surface area contributed by atoms with Gasteiger partial charge in [-0.2, -0.15) is 0 Å². The van der Waals surface area contributed by atoms with Gasteiger partial charge in [0.2, 0.25) is 0 Å². The zero-order valence-electron chi connectivity index (χ0n) is 16.7. The van der Waals surface area contributed by atoms with Crippen molar-refractivity contribution in [3.05, 3.63) is 48.5 Å². The summed E-state index contributed by atoms with van der Waals surface area (Å²) in [7, 11) is 2.97. The van der Waals surface area contributed by atoms with Crippen molar-refractivity contribution in [3.8, 4) is 23.0 Å². The van der Waals surface area contributed by atoms with Crippen LogP contribution >= 0.6 is 0 Å². The van der Waals surface area contributed by atoms with Crippen molar-refractivity contribution in [1.29, 1.82) is 0 Å². The monoisotopic (exact) mass is 412 g/mol. The van der Waals surface area contributed by atoms with E-state index >= 15 is 0 Å². The fraction of sp³-hybridized carbons (Fsp3) is 0.400. The molecule has 0 aliphatic heterocycles. The maximum absolute atomic E-state index is 10.7. The summed E-state index contributed by atoms with van der Waals surface area (Å²) in [5.74, 6) is 0.662. The first kappa shape index (κ1) is 30.0. The van der Waals surface area contributed by atoms with Gasteiger partial charge < -0.3 is 29.9 Å². The van der Waals surface area contributed by atoms with E-state index in [0.717, 1.165) is 0 Å². The number of hydrogen-bond acceptors (Lipinski definition) is 6. The van der Waals surface area contributed by atoms with Crippen molar-refractivity contribution < 1.29 is 51.6 Å².